The minimum Gasteiger partial charge on any atom is -0.379 e. The van der Waals surface area contributed by atoms with Crippen LogP contribution < -0.4 is 10.2 Å². The summed E-state index contributed by atoms with van der Waals surface area (Å²) in [5.41, 5.74) is 3.79. The molecule has 1 amide bonds. The van der Waals surface area contributed by atoms with Gasteiger partial charge in [-0.15, -0.1) is 0 Å². The number of amides is 1. The summed E-state index contributed by atoms with van der Waals surface area (Å²) in [7, 11) is 3.96. The lowest BCUT2D eigenvalue weighted by atomic mass is 10.1. The number of benzene rings is 2. The number of nitrogens with zero attached hydrogens (tertiary/aromatic N) is 2. The third-order valence-electron chi connectivity index (χ3n) is 4.37. The van der Waals surface area contributed by atoms with Crippen LogP contribution in [0.5, 0.6) is 0 Å². The molecule has 25 heavy (non-hydrogen) atoms. The molecule has 0 aliphatic carbocycles. The highest BCUT2D eigenvalue weighted by molar-refractivity contribution is 6.04. The van der Waals surface area contributed by atoms with E-state index < -0.39 is 0 Å². The number of hydrogen-bond donors (Lipinski definition) is 1. The van der Waals surface area contributed by atoms with Gasteiger partial charge in [-0.3, -0.25) is 9.69 Å². The van der Waals surface area contributed by atoms with Crippen molar-refractivity contribution >= 4 is 17.3 Å². The van der Waals surface area contributed by atoms with Crippen molar-refractivity contribution in [3.63, 3.8) is 0 Å². The summed E-state index contributed by atoms with van der Waals surface area (Å²) in [5, 5.41) is 2.95. The van der Waals surface area contributed by atoms with E-state index in [1.807, 2.05) is 55.4 Å². The normalized spacial score (nSPS) is 15.0. The van der Waals surface area contributed by atoms with E-state index in [2.05, 4.69) is 22.3 Å². The third kappa shape index (κ3) is 4.81. The van der Waals surface area contributed by atoms with Crippen LogP contribution in [0, 0.1) is 0 Å². The van der Waals surface area contributed by atoms with Crippen LogP contribution in [0.3, 0.4) is 0 Å². The first-order valence-corrected chi connectivity index (χ1v) is 8.59. The molecular formula is C20H25N3O2. The molecule has 5 nitrogen and oxygen atoms in total. The lowest BCUT2D eigenvalue weighted by Gasteiger charge is -2.26. The molecule has 1 heterocycles. The third-order valence-corrected chi connectivity index (χ3v) is 4.37. The fourth-order valence-corrected chi connectivity index (χ4v) is 2.83. The smallest absolute Gasteiger partial charge is 0.255 e. The Hall–Kier alpha value is -2.37. The first-order valence-electron chi connectivity index (χ1n) is 8.59. The van der Waals surface area contributed by atoms with Gasteiger partial charge >= 0.3 is 0 Å². The Morgan fingerprint density at radius 1 is 1.04 bits per heavy atom. The van der Waals surface area contributed by atoms with Crippen molar-refractivity contribution in [2.75, 3.05) is 50.6 Å². The molecule has 2 aromatic rings. The van der Waals surface area contributed by atoms with Gasteiger partial charge < -0.3 is 15.0 Å². The van der Waals surface area contributed by atoms with Gasteiger partial charge in [-0.25, -0.2) is 0 Å². The van der Waals surface area contributed by atoms with E-state index in [1.165, 1.54) is 5.56 Å². The Kier molecular flexibility index (Phi) is 5.68. The van der Waals surface area contributed by atoms with Gasteiger partial charge in [0.05, 0.1) is 13.2 Å². The standard InChI is InChI=1S/C20H25N3O2/c1-22(2)19-9-5-17(6-10-19)20(24)21-18-7-3-16(4-8-18)15-23-11-13-25-14-12-23/h3-10H,11-15H2,1-2H3,(H,21,24). The average molecular weight is 339 g/mol. The molecule has 0 saturated carbocycles. The highest BCUT2D eigenvalue weighted by atomic mass is 16.5. The van der Waals surface area contributed by atoms with Crippen LogP contribution in [-0.4, -0.2) is 51.2 Å². The lowest BCUT2D eigenvalue weighted by molar-refractivity contribution is 0.0342. The zero-order chi connectivity index (χ0) is 17.6. The first-order chi connectivity index (χ1) is 12.1. The van der Waals surface area contributed by atoms with Crippen LogP contribution in [0.4, 0.5) is 11.4 Å². The summed E-state index contributed by atoms with van der Waals surface area (Å²) >= 11 is 0. The molecule has 3 rings (SSSR count). The van der Waals surface area contributed by atoms with E-state index in [0.29, 0.717) is 5.56 Å². The van der Waals surface area contributed by atoms with E-state index in [4.69, 9.17) is 4.74 Å². The number of hydrogen-bond acceptors (Lipinski definition) is 4. The summed E-state index contributed by atoms with van der Waals surface area (Å²) < 4.78 is 5.37. The van der Waals surface area contributed by atoms with Gasteiger partial charge in [0, 0.05) is 50.7 Å². The highest BCUT2D eigenvalue weighted by Gasteiger charge is 2.11. The van der Waals surface area contributed by atoms with Crippen LogP contribution in [-0.2, 0) is 11.3 Å². The van der Waals surface area contributed by atoms with E-state index in [0.717, 1.165) is 44.2 Å². The summed E-state index contributed by atoms with van der Waals surface area (Å²) in [5.74, 6) is -0.0914. The van der Waals surface area contributed by atoms with E-state index in [1.54, 1.807) is 0 Å². The summed E-state index contributed by atoms with van der Waals surface area (Å²) in [6.07, 6.45) is 0. The zero-order valence-corrected chi connectivity index (χ0v) is 14.9. The molecule has 0 aromatic heterocycles. The Morgan fingerprint density at radius 3 is 2.28 bits per heavy atom. The van der Waals surface area contributed by atoms with Crippen molar-refractivity contribution in [1.29, 1.82) is 0 Å². The summed E-state index contributed by atoms with van der Waals surface area (Å²) in [6, 6.07) is 15.6. The molecule has 2 aromatic carbocycles. The molecule has 1 aliphatic heterocycles. The van der Waals surface area contributed by atoms with Crippen molar-refractivity contribution in [2.45, 2.75) is 6.54 Å². The predicted octanol–water partition coefficient (Wildman–Crippen LogP) is 2.84. The molecule has 0 spiro atoms. The molecule has 0 unspecified atom stereocenters. The number of ether oxygens (including phenoxy) is 1. The highest BCUT2D eigenvalue weighted by Crippen LogP contribution is 2.16. The quantitative estimate of drug-likeness (QED) is 0.910. The van der Waals surface area contributed by atoms with Gasteiger partial charge in [0.2, 0.25) is 0 Å². The SMILES string of the molecule is CN(C)c1ccc(C(=O)Nc2ccc(CN3CCOCC3)cc2)cc1. The van der Waals surface area contributed by atoms with Crippen LogP contribution in [0.2, 0.25) is 0 Å². The van der Waals surface area contributed by atoms with Crippen molar-refractivity contribution < 1.29 is 9.53 Å². The van der Waals surface area contributed by atoms with Crippen molar-refractivity contribution in [3.05, 3.63) is 59.7 Å². The van der Waals surface area contributed by atoms with Gasteiger partial charge in [0.15, 0.2) is 0 Å². The molecule has 1 aliphatic rings. The Labute approximate surface area is 149 Å². The van der Waals surface area contributed by atoms with Crippen LogP contribution in [0.25, 0.3) is 0 Å². The van der Waals surface area contributed by atoms with Gasteiger partial charge in [0.1, 0.15) is 0 Å². The van der Waals surface area contributed by atoms with Crippen LogP contribution in [0.15, 0.2) is 48.5 Å². The van der Waals surface area contributed by atoms with Gasteiger partial charge in [-0.1, -0.05) is 12.1 Å². The van der Waals surface area contributed by atoms with Gasteiger partial charge in [0.25, 0.3) is 5.91 Å². The maximum Gasteiger partial charge on any atom is 0.255 e. The zero-order valence-electron chi connectivity index (χ0n) is 14.9. The molecule has 0 atom stereocenters. The first kappa shape index (κ1) is 17.5. The molecule has 132 valence electrons. The topological polar surface area (TPSA) is 44.8 Å². The molecule has 1 fully saturated rings. The second kappa shape index (κ2) is 8.14. The fourth-order valence-electron chi connectivity index (χ4n) is 2.83. The second-order valence-corrected chi connectivity index (χ2v) is 6.48. The Bertz CT molecular complexity index is 690. The van der Waals surface area contributed by atoms with Crippen LogP contribution >= 0.6 is 0 Å². The summed E-state index contributed by atoms with van der Waals surface area (Å²) in [4.78, 5) is 16.7. The van der Waals surface area contributed by atoms with E-state index >= 15 is 0 Å². The molecule has 5 heteroatoms. The number of anilines is 2. The van der Waals surface area contributed by atoms with Gasteiger partial charge in [-0.2, -0.15) is 0 Å². The Balaban J connectivity index is 1.57. The van der Waals surface area contributed by atoms with Crippen molar-refractivity contribution in [1.82, 2.24) is 4.90 Å². The molecular weight excluding hydrogens is 314 g/mol. The van der Waals surface area contributed by atoms with Crippen molar-refractivity contribution in [2.24, 2.45) is 0 Å². The predicted molar refractivity (Wildman–Crippen MR) is 101 cm³/mol. The molecule has 1 saturated heterocycles. The van der Waals surface area contributed by atoms with Gasteiger partial charge in [-0.05, 0) is 42.0 Å². The largest absolute Gasteiger partial charge is 0.379 e. The minimum atomic E-state index is -0.0914. The number of nitrogens with one attached hydrogen (secondary N) is 1. The number of morpholine rings is 1. The number of rotatable bonds is 5. The van der Waals surface area contributed by atoms with E-state index in [-0.39, 0.29) is 5.91 Å². The number of carbonyl (C=O) groups is 1. The monoisotopic (exact) mass is 339 g/mol. The maximum atomic E-state index is 12.4. The maximum absolute atomic E-state index is 12.4. The second-order valence-electron chi connectivity index (χ2n) is 6.48. The average Bonchev–Trinajstić information content (AvgIpc) is 2.64. The minimum absolute atomic E-state index is 0.0914. The van der Waals surface area contributed by atoms with E-state index in [9.17, 15) is 4.79 Å². The summed E-state index contributed by atoms with van der Waals surface area (Å²) in [6.45, 7) is 4.48. The molecule has 1 N–H and O–H groups in total. The van der Waals surface area contributed by atoms with Crippen molar-refractivity contribution in [3.8, 4) is 0 Å². The lowest BCUT2D eigenvalue weighted by Crippen LogP contribution is -2.35. The molecule has 0 radical (unpaired) electrons. The van der Waals surface area contributed by atoms with Crippen LogP contribution in [0.1, 0.15) is 15.9 Å². The Morgan fingerprint density at radius 2 is 1.68 bits per heavy atom. The molecule has 0 bridgehead atoms. The number of carbonyl (C=O) groups excluding carboxylic acids is 1. The fraction of sp³-hybridized carbons (Fsp3) is 0.350.